The number of hydrogen-bond acceptors (Lipinski definition) is 3. The van der Waals surface area contributed by atoms with E-state index in [2.05, 4.69) is 10.6 Å². The van der Waals surface area contributed by atoms with Gasteiger partial charge in [0.15, 0.2) is 0 Å². The molecule has 158 valence electrons. The molecule has 0 aliphatic carbocycles. The highest BCUT2D eigenvalue weighted by atomic mass is 16.2. The molecular weight excluding hydrogens is 386 g/mol. The molecule has 0 saturated carbocycles. The van der Waals surface area contributed by atoms with Gasteiger partial charge in [-0.3, -0.25) is 14.5 Å². The van der Waals surface area contributed by atoms with E-state index in [0.29, 0.717) is 26.1 Å². The number of benzene rings is 3. The second kappa shape index (κ2) is 10.0. The lowest BCUT2D eigenvalue weighted by Gasteiger charge is -2.46. The van der Waals surface area contributed by atoms with E-state index >= 15 is 0 Å². The molecule has 3 aromatic rings. The Morgan fingerprint density at radius 1 is 0.645 bits per heavy atom. The average Bonchev–Trinajstić information content (AvgIpc) is 2.81. The molecule has 1 saturated heterocycles. The number of carbonyl (C=O) groups is 2. The summed E-state index contributed by atoms with van der Waals surface area (Å²) in [5, 5.41) is 6.04. The van der Waals surface area contributed by atoms with Crippen molar-refractivity contribution >= 4 is 11.8 Å². The predicted molar refractivity (Wildman–Crippen MR) is 121 cm³/mol. The van der Waals surface area contributed by atoms with Gasteiger partial charge in [0.2, 0.25) is 11.8 Å². The van der Waals surface area contributed by atoms with Crippen LogP contribution in [0.25, 0.3) is 0 Å². The van der Waals surface area contributed by atoms with Crippen LogP contribution in [0.2, 0.25) is 0 Å². The molecule has 2 amide bonds. The van der Waals surface area contributed by atoms with E-state index in [9.17, 15) is 9.59 Å². The topological polar surface area (TPSA) is 61.4 Å². The molecule has 3 aromatic carbocycles. The number of amides is 2. The van der Waals surface area contributed by atoms with E-state index in [4.69, 9.17) is 0 Å². The van der Waals surface area contributed by atoms with Crippen LogP contribution < -0.4 is 10.6 Å². The summed E-state index contributed by atoms with van der Waals surface area (Å²) in [6, 6.07) is 29.0. The minimum Gasteiger partial charge on any atom is -0.351 e. The van der Waals surface area contributed by atoms with Gasteiger partial charge in [0.1, 0.15) is 0 Å². The van der Waals surface area contributed by atoms with Gasteiger partial charge >= 0.3 is 0 Å². The van der Waals surface area contributed by atoms with Gasteiger partial charge in [0.05, 0.1) is 12.1 Å². The van der Waals surface area contributed by atoms with Gasteiger partial charge < -0.3 is 10.6 Å². The molecule has 5 nitrogen and oxygen atoms in total. The summed E-state index contributed by atoms with van der Waals surface area (Å²) in [6.45, 7) is 1.54. The standard InChI is InChI=1S/C26H27N3O2/c30-25(27-17-20-10-4-1-5-11-20)23-16-24(29(23)19-22-14-8-3-9-15-22)26(31)28-18-21-12-6-2-7-13-21/h1-15,23-24H,16-19H2,(H,27,30)(H,28,31)/t23-,24-/m0/s1. The minimum atomic E-state index is -0.309. The molecule has 2 atom stereocenters. The zero-order chi connectivity index (χ0) is 21.5. The quantitative estimate of drug-likeness (QED) is 0.596. The summed E-state index contributed by atoms with van der Waals surface area (Å²) in [5.74, 6) is -0.0706. The minimum absolute atomic E-state index is 0.0353. The van der Waals surface area contributed by atoms with Crippen molar-refractivity contribution in [2.24, 2.45) is 0 Å². The van der Waals surface area contributed by atoms with Gasteiger partial charge in [-0.25, -0.2) is 0 Å². The Morgan fingerprint density at radius 3 is 1.45 bits per heavy atom. The number of nitrogens with zero attached hydrogens (tertiary/aromatic N) is 1. The SMILES string of the molecule is O=C(NCc1ccccc1)[C@@H]1C[C@@H](C(=O)NCc2ccccc2)N1Cc1ccccc1. The van der Waals surface area contributed by atoms with Crippen LogP contribution in [0.4, 0.5) is 0 Å². The van der Waals surface area contributed by atoms with Crippen molar-refractivity contribution in [1.82, 2.24) is 15.5 Å². The van der Waals surface area contributed by atoms with Crippen LogP contribution in [0.1, 0.15) is 23.1 Å². The Hall–Kier alpha value is -3.44. The second-order valence-corrected chi connectivity index (χ2v) is 7.83. The van der Waals surface area contributed by atoms with Gasteiger partial charge in [-0.05, 0) is 23.1 Å². The van der Waals surface area contributed by atoms with Crippen LogP contribution in [-0.2, 0) is 29.2 Å². The molecule has 1 heterocycles. The first-order chi connectivity index (χ1) is 15.2. The van der Waals surface area contributed by atoms with Crippen LogP contribution in [0, 0.1) is 0 Å². The molecule has 1 aliphatic rings. The number of rotatable bonds is 8. The summed E-state index contributed by atoms with van der Waals surface area (Å²) < 4.78 is 0. The normalized spacial score (nSPS) is 18.1. The maximum Gasteiger partial charge on any atom is 0.237 e. The second-order valence-electron chi connectivity index (χ2n) is 7.83. The Balaban J connectivity index is 1.39. The number of nitrogens with one attached hydrogen (secondary N) is 2. The van der Waals surface area contributed by atoms with Gasteiger partial charge in [0.25, 0.3) is 0 Å². The Kier molecular flexibility index (Phi) is 6.75. The van der Waals surface area contributed by atoms with Crippen molar-refractivity contribution in [1.29, 1.82) is 0 Å². The molecule has 5 heteroatoms. The molecule has 0 radical (unpaired) electrons. The molecule has 2 N–H and O–H groups in total. The van der Waals surface area contributed by atoms with E-state index in [1.165, 1.54) is 0 Å². The molecule has 4 rings (SSSR count). The van der Waals surface area contributed by atoms with Crippen molar-refractivity contribution in [3.8, 4) is 0 Å². The molecule has 1 aliphatic heterocycles. The smallest absolute Gasteiger partial charge is 0.237 e. The fourth-order valence-corrected chi connectivity index (χ4v) is 3.90. The first-order valence-corrected chi connectivity index (χ1v) is 10.6. The van der Waals surface area contributed by atoms with Crippen molar-refractivity contribution in [2.75, 3.05) is 0 Å². The van der Waals surface area contributed by atoms with Crippen LogP contribution >= 0.6 is 0 Å². The largest absolute Gasteiger partial charge is 0.351 e. The zero-order valence-electron chi connectivity index (χ0n) is 17.4. The van der Waals surface area contributed by atoms with Gasteiger partial charge in [-0.2, -0.15) is 0 Å². The summed E-state index contributed by atoms with van der Waals surface area (Å²) in [5.41, 5.74) is 3.20. The highest BCUT2D eigenvalue weighted by molar-refractivity contribution is 5.89. The van der Waals surface area contributed by atoms with Gasteiger partial charge in [0, 0.05) is 19.6 Å². The molecule has 1 fully saturated rings. The first-order valence-electron chi connectivity index (χ1n) is 10.6. The molecule has 31 heavy (non-hydrogen) atoms. The lowest BCUT2D eigenvalue weighted by Crippen LogP contribution is -2.65. The van der Waals surface area contributed by atoms with Crippen LogP contribution in [-0.4, -0.2) is 28.8 Å². The molecule has 0 bridgehead atoms. The Bertz CT molecular complexity index is 931. The molecule has 0 aromatic heterocycles. The maximum absolute atomic E-state index is 12.9. The highest BCUT2D eigenvalue weighted by Crippen LogP contribution is 2.28. The van der Waals surface area contributed by atoms with Crippen LogP contribution in [0.15, 0.2) is 91.0 Å². The van der Waals surface area contributed by atoms with Gasteiger partial charge in [-0.15, -0.1) is 0 Å². The number of carbonyl (C=O) groups excluding carboxylic acids is 2. The molecule has 0 unspecified atom stereocenters. The van der Waals surface area contributed by atoms with Crippen molar-refractivity contribution in [3.05, 3.63) is 108 Å². The number of likely N-dealkylation sites (tertiary alicyclic amines) is 1. The monoisotopic (exact) mass is 413 g/mol. The van der Waals surface area contributed by atoms with E-state index in [0.717, 1.165) is 16.7 Å². The van der Waals surface area contributed by atoms with E-state index < -0.39 is 0 Å². The summed E-state index contributed by atoms with van der Waals surface area (Å²) >= 11 is 0. The predicted octanol–water partition coefficient (Wildman–Crippen LogP) is 3.26. The van der Waals surface area contributed by atoms with Crippen molar-refractivity contribution in [2.45, 2.75) is 38.1 Å². The first kappa shape index (κ1) is 20.8. The maximum atomic E-state index is 12.9. The Morgan fingerprint density at radius 2 is 1.03 bits per heavy atom. The Labute approximate surface area is 183 Å². The average molecular weight is 414 g/mol. The molecule has 0 spiro atoms. The summed E-state index contributed by atoms with van der Waals surface area (Å²) in [7, 11) is 0. The van der Waals surface area contributed by atoms with Gasteiger partial charge in [-0.1, -0.05) is 91.0 Å². The van der Waals surface area contributed by atoms with E-state index in [1.54, 1.807) is 0 Å². The van der Waals surface area contributed by atoms with Crippen LogP contribution in [0.5, 0.6) is 0 Å². The fraction of sp³-hybridized carbons (Fsp3) is 0.231. The van der Waals surface area contributed by atoms with Crippen molar-refractivity contribution in [3.63, 3.8) is 0 Å². The zero-order valence-corrected chi connectivity index (χ0v) is 17.4. The lowest BCUT2D eigenvalue weighted by molar-refractivity contribution is -0.145. The summed E-state index contributed by atoms with van der Waals surface area (Å²) in [4.78, 5) is 27.7. The fourth-order valence-electron chi connectivity index (χ4n) is 3.90. The third kappa shape index (κ3) is 5.38. The highest BCUT2D eigenvalue weighted by Gasteiger charge is 2.46. The van der Waals surface area contributed by atoms with Crippen molar-refractivity contribution < 1.29 is 9.59 Å². The number of hydrogen-bond donors (Lipinski definition) is 2. The summed E-state index contributed by atoms with van der Waals surface area (Å²) in [6.07, 6.45) is 0.522. The molecular formula is C26H27N3O2. The van der Waals surface area contributed by atoms with E-state index in [1.807, 2.05) is 95.9 Å². The third-order valence-corrected chi connectivity index (χ3v) is 5.68. The van der Waals surface area contributed by atoms with Crippen LogP contribution in [0.3, 0.4) is 0 Å². The van der Waals surface area contributed by atoms with E-state index in [-0.39, 0.29) is 23.9 Å². The third-order valence-electron chi connectivity index (χ3n) is 5.68. The lowest BCUT2D eigenvalue weighted by atomic mass is 9.90.